The van der Waals surface area contributed by atoms with Gasteiger partial charge in [-0.3, -0.25) is 0 Å². The molecule has 1 unspecified atom stereocenters. The molecule has 1 atom stereocenters. The molecule has 6 heteroatoms. The molecule has 0 saturated carbocycles. The van der Waals surface area contributed by atoms with E-state index in [0.29, 0.717) is 17.5 Å². The summed E-state index contributed by atoms with van der Waals surface area (Å²) < 4.78 is 5.54. The van der Waals surface area contributed by atoms with Gasteiger partial charge in [0.25, 0.3) is 0 Å². The second-order valence-corrected chi connectivity index (χ2v) is 6.33. The average Bonchev–Trinajstić information content (AvgIpc) is 2.80. The molecular formula is C15H23N5O. The van der Waals surface area contributed by atoms with Gasteiger partial charge in [-0.05, 0) is 20.8 Å². The number of nitrogen functional groups attached to an aromatic ring is 1. The Morgan fingerprint density at radius 2 is 1.90 bits per heavy atom. The number of anilines is 2. The first kappa shape index (κ1) is 15.3. The summed E-state index contributed by atoms with van der Waals surface area (Å²) in [5.41, 5.74) is 6.67. The van der Waals surface area contributed by atoms with Crippen LogP contribution in [0, 0.1) is 13.8 Å². The highest BCUT2D eigenvalue weighted by molar-refractivity contribution is 5.55. The van der Waals surface area contributed by atoms with E-state index in [1.54, 1.807) is 6.20 Å². The van der Waals surface area contributed by atoms with Gasteiger partial charge in [0.15, 0.2) is 0 Å². The van der Waals surface area contributed by atoms with Crippen LogP contribution in [-0.4, -0.2) is 15.0 Å². The van der Waals surface area contributed by atoms with E-state index >= 15 is 0 Å². The fourth-order valence-corrected chi connectivity index (χ4v) is 1.85. The van der Waals surface area contributed by atoms with Crippen molar-refractivity contribution >= 4 is 11.6 Å². The maximum atomic E-state index is 6.01. The number of oxazole rings is 1. The smallest absolute Gasteiger partial charge is 0.216 e. The van der Waals surface area contributed by atoms with Crippen LogP contribution in [0.4, 0.5) is 11.6 Å². The molecule has 2 rings (SSSR count). The largest absolute Gasteiger partial charge is 0.444 e. The molecule has 2 heterocycles. The quantitative estimate of drug-likeness (QED) is 0.902. The summed E-state index contributed by atoms with van der Waals surface area (Å²) in [6, 6.07) is -0.0977. The van der Waals surface area contributed by atoms with Gasteiger partial charge < -0.3 is 15.5 Å². The van der Waals surface area contributed by atoms with Gasteiger partial charge in [0.05, 0.1) is 6.20 Å². The molecule has 0 saturated heterocycles. The zero-order chi connectivity index (χ0) is 15.8. The van der Waals surface area contributed by atoms with Crippen molar-refractivity contribution in [1.82, 2.24) is 15.0 Å². The van der Waals surface area contributed by atoms with E-state index in [4.69, 9.17) is 10.2 Å². The molecule has 0 radical (unpaired) electrons. The van der Waals surface area contributed by atoms with Crippen LogP contribution in [-0.2, 0) is 5.41 Å². The molecule has 0 aromatic carbocycles. The van der Waals surface area contributed by atoms with E-state index in [0.717, 1.165) is 17.1 Å². The monoisotopic (exact) mass is 289 g/mol. The predicted molar refractivity (Wildman–Crippen MR) is 83.2 cm³/mol. The van der Waals surface area contributed by atoms with Gasteiger partial charge >= 0.3 is 0 Å². The molecule has 0 bridgehead atoms. The van der Waals surface area contributed by atoms with E-state index in [-0.39, 0.29) is 11.5 Å². The van der Waals surface area contributed by atoms with Gasteiger partial charge in [-0.2, -0.15) is 0 Å². The Bertz CT molecular complexity index is 642. The second kappa shape index (κ2) is 5.35. The molecule has 6 nitrogen and oxygen atoms in total. The van der Waals surface area contributed by atoms with Gasteiger partial charge in [0.2, 0.25) is 5.89 Å². The maximum absolute atomic E-state index is 6.01. The number of aromatic nitrogens is 3. The topological polar surface area (TPSA) is 89.9 Å². The molecule has 114 valence electrons. The number of hydrogen-bond donors (Lipinski definition) is 2. The van der Waals surface area contributed by atoms with Crippen LogP contribution in [0.15, 0.2) is 10.6 Å². The average molecular weight is 289 g/mol. The van der Waals surface area contributed by atoms with Gasteiger partial charge in [-0.15, -0.1) is 0 Å². The fourth-order valence-electron chi connectivity index (χ4n) is 1.85. The van der Waals surface area contributed by atoms with Crippen LogP contribution in [0.1, 0.15) is 56.8 Å². The first-order chi connectivity index (χ1) is 9.68. The number of nitrogens with zero attached hydrogens (tertiary/aromatic N) is 3. The molecular weight excluding hydrogens is 266 g/mol. The summed E-state index contributed by atoms with van der Waals surface area (Å²) in [5, 5.41) is 3.31. The first-order valence-corrected chi connectivity index (χ1v) is 7.02. The molecule has 21 heavy (non-hydrogen) atoms. The number of aryl methyl sites for hydroxylation is 1. The second-order valence-electron chi connectivity index (χ2n) is 6.33. The molecule has 2 aromatic heterocycles. The minimum atomic E-state index is -0.166. The minimum absolute atomic E-state index is 0.0977. The Hall–Kier alpha value is -2.11. The van der Waals surface area contributed by atoms with E-state index < -0.39 is 0 Å². The van der Waals surface area contributed by atoms with Gasteiger partial charge in [0.1, 0.15) is 29.3 Å². The van der Waals surface area contributed by atoms with E-state index in [1.807, 2.05) is 20.8 Å². The molecule has 0 aliphatic carbocycles. The highest BCUT2D eigenvalue weighted by Crippen LogP contribution is 2.27. The lowest BCUT2D eigenvalue weighted by atomic mass is 9.95. The maximum Gasteiger partial charge on any atom is 0.216 e. The molecule has 0 aliphatic heterocycles. The van der Waals surface area contributed by atoms with Crippen molar-refractivity contribution in [2.75, 3.05) is 11.1 Å². The molecule has 0 fully saturated rings. The Morgan fingerprint density at radius 3 is 2.43 bits per heavy atom. The van der Waals surface area contributed by atoms with Crippen LogP contribution in [0.2, 0.25) is 0 Å². The standard InChI is InChI=1S/C15H23N5O/c1-8-7-17-13(21-8)10(3)18-12-9(2)11(16)19-14(20-12)15(4,5)6/h7,10H,1-6H3,(H3,16,18,19,20). The van der Waals surface area contributed by atoms with Crippen molar-refractivity contribution in [2.45, 2.75) is 53.0 Å². The molecule has 0 amide bonds. The summed E-state index contributed by atoms with van der Waals surface area (Å²) in [7, 11) is 0. The van der Waals surface area contributed by atoms with Crippen LogP contribution < -0.4 is 11.1 Å². The van der Waals surface area contributed by atoms with Crippen LogP contribution >= 0.6 is 0 Å². The minimum Gasteiger partial charge on any atom is -0.444 e. The first-order valence-electron chi connectivity index (χ1n) is 7.02. The van der Waals surface area contributed by atoms with E-state index in [9.17, 15) is 0 Å². The van der Waals surface area contributed by atoms with Crippen molar-refractivity contribution < 1.29 is 4.42 Å². The summed E-state index contributed by atoms with van der Waals surface area (Å²) >= 11 is 0. The van der Waals surface area contributed by atoms with Crippen molar-refractivity contribution in [3.8, 4) is 0 Å². The van der Waals surface area contributed by atoms with Gasteiger partial charge in [0, 0.05) is 11.0 Å². The van der Waals surface area contributed by atoms with Crippen LogP contribution in [0.25, 0.3) is 0 Å². The lowest BCUT2D eigenvalue weighted by molar-refractivity contribution is 0.453. The summed E-state index contributed by atoms with van der Waals surface area (Å²) in [6.07, 6.45) is 1.70. The third kappa shape index (κ3) is 3.32. The Balaban J connectivity index is 2.33. The van der Waals surface area contributed by atoms with Gasteiger partial charge in [-0.25, -0.2) is 15.0 Å². The van der Waals surface area contributed by atoms with Crippen molar-refractivity contribution in [2.24, 2.45) is 0 Å². The molecule has 3 N–H and O–H groups in total. The number of nitrogens with two attached hydrogens (primary N) is 1. The zero-order valence-corrected chi connectivity index (χ0v) is 13.5. The lowest BCUT2D eigenvalue weighted by Crippen LogP contribution is -2.20. The highest BCUT2D eigenvalue weighted by Gasteiger charge is 2.21. The fraction of sp³-hybridized carbons (Fsp3) is 0.533. The number of hydrogen-bond acceptors (Lipinski definition) is 6. The SMILES string of the molecule is Cc1cnc(C(C)Nc2nc(C(C)(C)C)nc(N)c2C)o1. The van der Waals surface area contributed by atoms with Crippen molar-refractivity contribution in [3.05, 3.63) is 29.2 Å². The molecule has 2 aromatic rings. The summed E-state index contributed by atoms with van der Waals surface area (Å²) in [4.78, 5) is 13.2. The van der Waals surface area contributed by atoms with Crippen molar-refractivity contribution in [1.29, 1.82) is 0 Å². The van der Waals surface area contributed by atoms with Crippen LogP contribution in [0.5, 0.6) is 0 Å². The van der Waals surface area contributed by atoms with Gasteiger partial charge in [-0.1, -0.05) is 20.8 Å². The predicted octanol–water partition coefficient (Wildman–Crippen LogP) is 3.13. The third-order valence-corrected chi connectivity index (χ3v) is 3.22. The number of nitrogens with one attached hydrogen (secondary N) is 1. The normalized spacial score (nSPS) is 13.2. The Morgan fingerprint density at radius 1 is 1.24 bits per heavy atom. The zero-order valence-electron chi connectivity index (χ0n) is 13.5. The van der Waals surface area contributed by atoms with Crippen molar-refractivity contribution in [3.63, 3.8) is 0 Å². The summed E-state index contributed by atoms with van der Waals surface area (Å²) in [6.45, 7) is 11.9. The third-order valence-electron chi connectivity index (χ3n) is 3.22. The van der Waals surface area contributed by atoms with E-state index in [2.05, 4.69) is 41.0 Å². The number of rotatable bonds is 3. The Labute approximate surface area is 125 Å². The highest BCUT2D eigenvalue weighted by atomic mass is 16.4. The summed E-state index contributed by atoms with van der Waals surface area (Å²) in [5.74, 6) is 3.34. The Kier molecular flexibility index (Phi) is 3.89. The molecule has 0 aliphatic rings. The van der Waals surface area contributed by atoms with E-state index in [1.165, 1.54) is 0 Å². The lowest BCUT2D eigenvalue weighted by Gasteiger charge is -2.21. The molecule has 0 spiro atoms. The van der Waals surface area contributed by atoms with Crippen LogP contribution in [0.3, 0.4) is 0 Å².